The highest BCUT2D eigenvalue weighted by molar-refractivity contribution is 5.90. The van der Waals surface area contributed by atoms with Crippen LogP contribution in [0, 0.1) is 13.8 Å². The fourth-order valence-corrected chi connectivity index (χ4v) is 1.49. The topological polar surface area (TPSA) is 59.0 Å². The highest BCUT2D eigenvalue weighted by Gasteiger charge is 2.11. The molecule has 0 fully saturated rings. The lowest BCUT2D eigenvalue weighted by Gasteiger charge is -2.07. The Morgan fingerprint density at radius 2 is 2.12 bits per heavy atom. The van der Waals surface area contributed by atoms with Crippen LogP contribution >= 0.6 is 0 Å². The van der Waals surface area contributed by atoms with Gasteiger partial charge in [0.05, 0.1) is 17.1 Å². The summed E-state index contributed by atoms with van der Waals surface area (Å²) in [7, 11) is 1.86. The minimum Gasteiger partial charge on any atom is -0.338 e. The van der Waals surface area contributed by atoms with E-state index in [1.807, 2.05) is 20.9 Å². The standard InChI is InChI=1S/C11H20N4O/c1-5-6-7-12-11(16)13-10-8(2)14-15(4)9(10)3/h5-7H2,1-4H3,(H2,12,13,16). The van der Waals surface area contributed by atoms with Gasteiger partial charge in [0, 0.05) is 13.6 Å². The van der Waals surface area contributed by atoms with Crippen molar-refractivity contribution in [2.24, 2.45) is 7.05 Å². The maximum atomic E-state index is 11.5. The van der Waals surface area contributed by atoms with Crippen molar-refractivity contribution in [3.8, 4) is 0 Å². The number of aryl methyl sites for hydroxylation is 2. The number of nitrogens with one attached hydrogen (secondary N) is 2. The zero-order chi connectivity index (χ0) is 12.1. The van der Waals surface area contributed by atoms with Gasteiger partial charge >= 0.3 is 6.03 Å². The number of aromatic nitrogens is 2. The summed E-state index contributed by atoms with van der Waals surface area (Å²) in [6.07, 6.45) is 2.07. The molecule has 1 aromatic heterocycles. The molecule has 0 aliphatic carbocycles. The molecule has 0 aromatic carbocycles. The second-order valence-electron chi connectivity index (χ2n) is 3.90. The molecule has 0 atom stereocenters. The lowest BCUT2D eigenvalue weighted by atomic mass is 10.3. The highest BCUT2D eigenvalue weighted by Crippen LogP contribution is 2.17. The zero-order valence-electron chi connectivity index (χ0n) is 10.4. The van der Waals surface area contributed by atoms with Crippen LogP contribution in [0.4, 0.5) is 10.5 Å². The van der Waals surface area contributed by atoms with Gasteiger partial charge in [-0.2, -0.15) is 5.10 Å². The molecule has 5 heteroatoms. The molecule has 0 bridgehead atoms. The fourth-order valence-electron chi connectivity index (χ4n) is 1.49. The fraction of sp³-hybridized carbons (Fsp3) is 0.636. The molecule has 0 saturated carbocycles. The Hall–Kier alpha value is -1.52. The molecule has 2 N–H and O–H groups in total. The van der Waals surface area contributed by atoms with Gasteiger partial charge in [-0.3, -0.25) is 4.68 Å². The van der Waals surface area contributed by atoms with E-state index in [1.54, 1.807) is 4.68 Å². The molecule has 1 aromatic rings. The van der Waals surface area contributed by atoms with E-state index in [4.69, 9.17) is 0 Å². The number of hydrogen-bond acceptors (Lipinski definition) is 2. The van der Waals surface area contributed by atoms with Gasteiger partial charge in [-0.1, -0.05) is 13.3 Å². The Morgan fingerprint density at radius 3 is 2.62 bits per heavy atom. The summed E-state index contributed by atoms with van der Waals surface area (Å²) >= 11 is 0. The minimum absolute atomic E-state index is 0.160. The molecule has 0 aliphatic rings. The first-order valence-electron chi connectivity index (χ1n) is 5.61. The Morgan fingerprint density at radius 1 is 1.44 bits per heavy atom. The van der Waals surface area contributed by atoms with Gasteiger partial charge in [-0.15, -0.1) is 0 Å². The summed E-state index contributed by atoms with van der Waals surface area (Å²) in [6.45, 7) is 6.62. The summed E-state index contributed by atoms with van der Waals surface area (Å²) in [5.74, 6) is 0. The normalized spacial score (nSPS) is 10.2. The number of unbranched alkanes of at least 4 members (excludes halogenated alkanes) is 1. The van der Waals surface area contributed by atoms with Crippen LogP contribution in [0.3, 0.4) is 0 Å². The Bertz CT molecular complexity index is 370. The van der Waals surface area contributed by atoms with Crippen LogP contribution in [0.1, 0.15) is 31.2 Å². The molecular formula is C11H20N4O. The number of amides is 2. The molecule has 0 saturated heterocycles. The molecule has 1 rings (SSSR count). The van der Waals surface area contributed by atoms with E-state index >= 15 is 0 Å². The predicted octanol–water partition coefficient (Wildman–Crippen LogP) is 1.96. The molecule has 90 valence electrons. The SMILES string of the molecule is CCCCNC(=O)Nc1c(C)nn(C)c1C. The van der Waals surface area contributed by atoms with E-state index in [0.29, 0.717) is 6.54 Å². The number of anilines is 1. The van der Waals surface area contributed by atoms with Gasteiger partial charge in [0.25, 0.3) is 0 Å². The van der Waals surface area contributed by atoms with Crippen molar-refractivity contribution in [3.05, 3.63) is 11.4 Å². The van der Waals surface area contributed by atoms with Crippen LogP contribution < -0.4 is 10.6 Å². The van der Waals surface area contributed by atoms with Crippen LogP contribution in [0.25, 0.3) is 0 Å². The molecule has 1 heterocycles. The first-order valence-corrected chi connectivity index (χ1v) is 5.61. The van der Waals surface area contributed by atoms with Crippen LogP contribution in [-0.2, 0) is 7.05 Å². The van der Waals surface area contributed by atoms with E-state index in [-0.39, 0.29) is 6.03 Å². The Labute approximate surface area is 96.2 Å². The highest BCUT2D eigenvalue weighted by atomic mass is 16.2. The molecule has 0 spiro atoms. The van der Waals surface area contributed by atoms with Gasteiger partial charge in [0.2, 0.25) is 0 Å². The number of rotatable bonds is 4. The number of carbonyl (C=O) groups is 1. The largest absolute Gasteiger partial charge is 0.338 e. The average Bonchev–Trinajstić information content (AvgIpc) is 2.46. The van der Waals surface area contributed by atoms with Gasteiger partial charge < -0.3 is 10.6 Å². The minimum atomic E-state index is -0.160. The van der Waals surface area contributed by atoms with Gasteiger partial charge in [0.1, 0.15) is 0 Å². The molecule has 5 nitrogen and oxygen atoms in total. The molecule has 16 heavy (non-hydrogen) atoms. The smallest absolute Gasteiger partial charge is 0.319 e. The Kier molecular flexibility index (Phi) is 4.34. The second-order valence-corrected chi connectivity index (χ2v) is 3.90. The average molecular weight is 224 g/mol. The van der Waals surface area contributed by atoms with E-state index in [1.165, 1.54) is 0 Å². The van der Waals surface area contributed by atoms with E-state index in [2.05, 4.69) is 22.7 Å². The lowest BCUT2D eigenvalue weighted by Crippen LogP contribution is -2.29. The first kappa shape index (κ1) is 12.5. The van der Waals surface area contributed by atoms with Crippen molar-refractivity contribution >= 4 is 11.7 Å². The summed E-state index contributed by atoms with van der Waals surface area (Å²) in [6, 6.07) is -0.160. The van der Waals surface area contributed by atoms with Crippen molar-refractivity contribution in [2.75, 3.05) is 11.9 Å². The number of hydrogen-bond donors (Lipinski definition) is 2. The maximum Gasteiger partial charge on any atom is 0.319 e. The third kappa shape index (κ3) is 2.98. The van der Waals surface area contributed by atoms with Crippen LogP contribution in [0.15, 0.2) is 0 Å². The molecule has 0 radical (unpaired) electrons. The monoisotopic (exact) mass is 224 g/mol. The maximum absolute atomic E-state index is 11.5. The Balaban J connectivity index is 2.56. The van der Waals surface area contributed by atoms with E-state index < -0.39 is 0 Å². The number of carbonyl (C=O) groups excluding carboxylic acids is 1. The quantitative estimate of drug-likeness (QED) is 0.768. The van der Waals surface area contributed by atoms with Crippen molar-refractivity contribution in [1.29, 1.82) is 0 Å². The van der Waals surface area contributed by atoms with Crippen LogP contribution in [0.5, 0.6) is 0 Å². The predicted molar refractivity (Wildman–Crippen MR) is 64.6 cm³/mol. The van der Waals surface area contributed by atoms with Crippen LogP contribution in [0.2, 0.25) is 0 Å². The summed E-state index contributed by atoms with van der Waals surface area (Å²) in [5.41, 5.74) is 2.60. The molecule has 0 unspecified atom stereocenters. The zero-order valence-corrected chi connectivity index (χ0v) is 10.4. The molecule has 2 amide bonds. The molecule has 0 aliphatic heterocycles. The third-order valence-electron chi connectivity index (χ3n) is 2.56. The van der Waals surface area contributed by atoms with Gasteiger partial charge in [0.15, 0.2) is 0 Å². The van der Waals surface area contributed by atoms with E-state index in [0.717, 1.165) is 29.9 Å². The lowest BCUT2D eigenvalue weighted by molar-refractivity contribution is 0.252. The first-order chi connectivity index (χ1) is 7.56. The van der Waals surface area contributed by atoms with Crippen molar-refractivity contribution < 1.29 is 4.79 Å². The van der Waals surface area contributed by atoms with E-state index in [9.17, 15) is 4.79 Å². The third-order valence-corrected chi connectivity index (χ3v) is 2.56. The summed E-state index contributed by atoms with van der Waals surface area (Å²) < 4.78 is 1.76. The second kappa shape index (κ2) is 5.53. The summed E-state index contributed by atoms with van der Waals surface area (Å²) in [4.78, 5) is 11.5. The summed E-state index contributed by atoms with van der Waals surface area (Å²) in [5, 5.41) is 9.87. The van der Waals surface area contributed by atoms with Gasteiger partial charge in [-0.25, -0.2) is 4.79 Å². The van der Waals surface area contributed by atoms with Crippen molar-refractivity contribution in [2.45, 2.75) is 33.6 Å². The van der Waals surface area contributed by atoms with Crippen LogP contribution in [-0.4, -0.2) is 22.4 Å². The molecular weight excluding hydrogens is 204 g/mol. The van der Waals surface area contributed by atoms with Crippen molar-refractivity contribution in [3.63, 3.8) is 0 Å². The van der Waals surface area contributed by atoms with Crippen molar-refractivity contribution in [1.82, 2.24) is 15.1 Å². The van der Waals surface area contributed by atoms with Gasteiger partial charge in [-0.05, 0) is 20.3 Å². The number of urea groups is 1. The number of nitrogens with zero attached hydrogens (tertiary/aromatic N) is 2.